The van der Waals surface area contributed by atoms with E-state index in [2.05, 4.69) is 51.9 Å². The lowest BCUT2D eigenvalue weighted by Gasteiger charge is -2.47. The molecule has 0 amide bonds. The van der Waals surface area contributed by atoms with Crippen LogP contribution in [0.25, 0.3) is 0 Å². The summed E-state index contributed by atoms with van der Waals surface area (Å²) in [5.74, 6) is 1.68. The van der Waals surface area contributed by atoms with E-state index >= 15 is 0 Å². The number of hydrogen-bond acceptors (Lipinski definition) is 2. The fourth-order valence-electron chi connectivity index (χ4n) is 3.97. The molecule has 5 atom stereocenters. The van der Waals surface area contributed by atoms with Crippen molar-refractivity contribution in [3.05, 3.63) is 0 Å². The van der Waals surface area contributed by atoms with Gasteiger partial charge in [0.1, 0.15) is 0 Å². The predicted molar refractivity (Wildman–Crippen MR) is 85.6 cm³/mol. The minimum atomic E-state index is 0.683. The lowest BCUT2D eigenvalue weighted by molar-refractivity contribution is 0.0527. The molecule has 2 nitrogen and oxygen atoms in total. The van der Waals surface area contributed by atoms with Crippen molar-refractivity contribution in [1.82, 2.24) is 10.2 Å². The molecule has 0 radical (unpaired) electrons. The molecule has 1 aliphatic carbocycles. The lowest BCUT2D eigenvalue weighted by atomic mass is 9.75. The monoisotopic (exact) mass is 268 g/mol. The molecule has 1 fully saturated rings. The third kappa shape index (κ3) is 4.75. The second-order valence-electron chi connectivity index (χ2n) is 6.91. The molecule has 0 aromatic carbocycles. The van der Waals surface area contributed by atoms with E-state index < -0.39 is 0 Å². The van der Waals surface area contributed by atoms with Crippen LogP contribution in [-0.2, 0) is 0 Å². The van der Waals surface area contributed by atoms with Gasteiger partial charge in [-0.3, -0.25) is 4.90 Å². The molecule has 0 aliphatic heterocycles. The van der Waals surface area contributed by atoms with Gasteiger partial charge in [-0.15, -0.1) is 0 Å². The van der Waals surface area contributed by atoms with E-state index in [1.807, 2.05) is 0 Å². The topological polar surface area (TPSA) is 15.3 Å². The molecular formula is C17H36N2. The maximum atomic E-state index is 3.82. The average Bonchev–Trinajstić information content (AvgIpc) is 2.35. The normalized spacial score (nSPS) is 33.6. The molecule has 0 aromatic heterocycles. The number of nitrogens with one attached hydrogen (secondary N) is 1. The Morgan fingerprint density at radius 2 is 1.84 bits per heavy atom. The van der Waals surface area contributed by atoms with Crippen LogP contribution in [0.15, 0.2) is 0 Å². The smallest absolute Gasteiger partial charge is 0.0274 e. The van der Waals surface area contributed by atoms with Gasteiger partial charge in [-0.1, -0.05) is 34.1 Å². The van der Waals surface area contributed by atoms with Gasteiger partial charge in [0.2, 0.25) is 0 Å². The van der Waals surface area contributed by atoms with E-state index in [0.717, 1.165) is 18.4 Å². The Morgan fingerprint density at radius 3 is 2.42 bits per heavy atom. The molecule has 0 bridgehead atoms. The second kappa shape index (κ2) is 8.26. The zero-order valence-electron chi connectivity index (χ0n) is 14.1. The van der Waals surface area contributed by atoms with Crippen molar-refractivity contribution >= 4 is 0 Å². The Hall–Kier alpha value is -0.0800. The fraction of sp³-hybridized carbons (Fsp3) is 1.00. The molecule has 0 saturated heterocycles. The molecule has 1 aliphatic rings. The van der Waals surface area contributed by atoms with Crippen molar-refractivity contribution in [3.8, 4) is 0 Å². The molecule has 1 N–H and O–H groups in total. The summed E-state index contributed by atoms with van der Waals surface area (Å²) in [4.78, 5) is 2.66. The van der Waals surface area contributed by atoms with Gasteiger partial charge in [0, 0.05) is 18.1 Å². The molecule has 114 valence electrons. The molecular weight excluding hydrogens is 232 g/mol. The zero-order valence-corrected chi connectivity index (χ0v) is 14.1. The first-order valence-corrected chi connectivity index (χ1v) is 8.46. The molecule has 0 spiro atoms. The maximum Gasteiger partial charge on any atom is 0.0274 e. The molecule has 1 rings (SSSR count). The first kappa shape index (κ1) is 17.0. The summed E-state index contributed by atoms with van der Waals surface area (Å²) in [6.45, 7) is 13.0. The number of rotatable bonds is 7. The average molecular weight is 268 g/mol. The first-order valence-electron chi connectivity index (χ1n) is 8.46. The molecule has 5 unspecified atom stereocenters. The Labute approximate surface area is 121 Å². The van der Waals surface area contributed by atoms with Crippen LogP contribution in [0.2, 0.25) is 0 Å². The van der Waals surface area contributed by atoms with E-state index in [4.69, 9.17) is 0 Å². The Balaban J connectivity index is 2.72. The van der Waals surface area contributed by atoms with Crippen LogP contribution in [0.4, 0.5) is 0 Å². The number of nitrogens with zero attached hydrogens (tertiary/aromatic N) is 1. The minimum Gasteiger partial charge on any atom is -0.312 e. The van der Waals surface area contributed by atoms with E-state index in [9.17, 15) is 0 Å². The Kier molecular flexibility index (Phi) is 7.38. The SMILES string of the molecule is CCCNC1CC(C)CC(C)C1N(C)C(C)CCC. The summed E-state index contributed by atoms with van der Waals surface area (Å²) in [6.07, 6.45) is 6.57. The lowest BCUT2D eigenvalue weighted by Crippen LogP contribution is -2.57. The zero-order chi connectivity index (χ0) is 14.4. The summed E-state index contributed by atoms with van der Waals surface area (Å²) in [5, 5.41) is 3.82. The van der Waals surface area contributed by atoms with Crippen molar-refractivity contribution in [2.45, 2.75) is 84.8 Å². The van der Waals surface area contributed by atoms with E-state index in [1.165, 1.54) is 32.1 Å². The van der Waals surface area contributed by atoms with Crippen molar-refractivity contribution < 1.29 is 0 Å². The van der Waals surface area contributed by atoms with E-state index in [1.54, 1.807) is 0 Å². The third-order valence-corrected chi connectivity index (χ3v) is 4.95. The van der Waals surface area contributed by atoms with Crippen LogP contribution in [0.5, 0.6) is 0 Å². The summed E-state index contributed by atoms with van der Waals surface area (Å²) >= 11 is 0. The fourth-order valence-corrected chi connectivity index (χ4v) is 3.97. The van der Waals surface area contributed by atoms with Crippen LogP contribution in [0, 0.1) is 11.8 Å². The van der Waals surface area contributed by atoms with Gasteiger partial charge in [0.25, 0.3) is 0 Å². The van der Waals surface area contributed by atoms with Crippen LogP contribution >= 0.6 is 0 Å². The minimum absolute atomic E-state index is 0.683. The predicted octanol–water partition coefficient (Wildman–Crippen LogP) is 3.91. The summed E-state index contributed by atoms with van der Waals surface area (Å²) < 4.78 is 0. The van der Waals surface area contributed by atoms with Crippen LogP contribution in [-0.4, -0.2) is 36.6 Å². The van der Waals surface area contributed by atoms with E-state index in [-0.39, 0.29) is 0 Å². The van der Waals surface area contributed by atoms with Crippen molar-refractivity contribution in [1.29, 1.82) is 0 Å². The highest BCUT2D eigenvalue weighted by Crippen LogP contribution is 2.33. The maximum absolute atomic E-state index is 3.82. The molecule has 1 saturated carbocycles. The molecule has 0 aromatic rings. The number of hydrogen-bond donors (Lipinski definition) is 1. The number of likely N-dealkylation sites (N-methyl/N-ethyl adjacent to an activating group) is 1. The van der Waals surface area contributed by atoms with Gasteiger partial charge >= 0.3 is 0 Å². The van der Waals surface area contributed by atoms with Crippen LogP contribution in [0.1, 0.15) is 66.7 Å². The summed E-state index contributed by atoms with van der Waals surface area (Å²) in [5.41, 5.74) is 0. The van der Waals surface area contributed by atoms with Crippen molar-refractivity contribution in [2.75, 3.05) is 13.6 Å². The Bertz CT molecular complexity index is 241. The van der Waals surface area contributed by atoms with E-state index in [0.29, 0.717) is 18.1 Å². The molecule has 19 heavy (non-hydrogen) atoms. The van der Waals surface area contributed by atoms with Gasteiger partial charge in [-0.2, -0.15) is 0 Å². The van der Waals surface area contributed by atoms with Gasteiger partial charge in [-0.25, -0.2) is 0 Å². The highest BCUT2D eigenvalue weighted by Gasteiger charge is 2.37. The van der Waals surface area contributed by atoms with Crippen molar-refractivity contribution in [2.24, 2.45) is 11.8 Å². The quantitative estimate of drug-likeness (QED) is 0.753. The Morgan fingerprint density at radius 1 is 1.16 bits per heavy atom. The van der Waals surface area contributed by atoms with Crippen LogP contribution in [0.3, 0.4) is 0 Å². The van der Waals surface area contributed by atoms with Gasteiger partial charge in [-0.05, 0) is 58.0 Å². The first-order chi connectivity index (χ1) is 9.01. The molecule has 2 heteroatoms. The summed E-state index contributed by atoms with van der Waals surface area (Å²) in [6, 6.07) is 2.10. The standard InChI is InChI=1S/C17H36N2/c1-7-9-15(5)19(6)17-14(4)11-13(3)12-16(17)18-10-8-2/h13-18H,7-12H2,1-6H3. The molecule has 0 heterocycles. The summed E-state index contributed by atoms with van der Waals surface area (Å²) in [7, 11) is 2.35. The third-order valence-electron chi connectivity index (χ3n) is 4.95. The van der Waals surface area contributed by atoms with Crippen LogP contribution < -0.4 is 5.32 Å². The highest BCUT2D eigenvalue weighted by atomic mass is 15.2. The van der Waals surface area contributed by atoms with Gasteiger partial charge in [0.15, 0.2) is 0 Å². The van der Waals surface area contributed by atoms with Gasteiger partial charge in [0.05, 0.1) is 0 Å². The largest absolute Gasteiger partial charge is 0.312 e. The second-order valence-corrected chi connectivity index (χ2v) is 6.91. The van der Waals surface area contributed by atoms with Gasteiger partial charge < -0.3 is 5.32 Å². The highest BCUT2D eigenvalue weighted by molar-refractivity contribution is 4.94. The van der Waals surface area contributed by atoms with Crippen molar-refractivity contribution in [3.63, 3.8) is 0 Å².